The summed E-state index contributed by atoms with van der Waals surface area (Å²) in [5.41, 5.74) is 18.0. The maximum absolute atomic E-state index is 4.03. The molecule has 2 nitrogen and oxygen atoms in total. The van der Waals surface area contributed by atoms with E-state index in [1.165, 1.54) is 61.1 Å². The Morgan fingerprint density at radius 2 is 1.24 bits per heavy atom. The molecule has 7 aromatic carbocycles. The first-order valence-corrected chi connectivity index (χ1v) is 24.6. The molecule has 0 aliphatic carbocycles. The minimum atomic E-state index is 0.454. The second kappa shape index (κ2) is 24.2. The fraction of sp³-hybridized carbons (Fsp3) is 0.118. The molecule has 1 atom stereocenters. The number of aromatic nitrogens is 1. The van der Waals surface area contributed by atoms with Crippen molar-refractivity contribution >= 4 is 34.6 Å². The Hall–Kier alpha value is -8.20. The summed E-state index contributed by atoms with van der Waals surface area (Å²) in [5.74, 6) is 0.454. The zero-order valence-corrected chi connectivity index (χ0v) is 41.1. The first-order valence-electron chi connectivity index (χ1n) is 24.6. The molecule has 1 unspecified atom stereocenters. The standard InChI is InChI=1S/C68H64N2/c1-6-8-9-10-22-49-70-66(36-21-20-26-53(4)56-29-16-12-17-30-56)54(5)68-65(35-24-37-67(68)70)62-33-23-34-64(51-62)69(50-48-57(52(3)25-7-2)39-38-55-27-14-11-15-28-55)63-46-44-61(45-47-63)60-42-40-59(41-43-60)58-31-18-13-19-32-58/h6-25,27-35,37-49,51,53H,2,26,36,50H2,1,3-5H3/b8-6-,10-9-,21-20-,39-38-,49-22+,52-25-,57-48?. The Kier molecular flexibility index (Phi) is 16.7. The van der Waals surface area contributed by atoms with Gasteiger partial charge < -0.3 is 9.47 Å². The van der Waals surface area contributed by atoms with E-state index in [4.69, 9.17) is 0 Å². The van der Waals surface area contributed by atoms with E-state index in [2.05, 4.69) is 286 Å². The van der Waals surface area contributed by atoms with Gasteiger partial charge in [0.2, 0.25) is 0 Å². The van der Waals surface area contributed by atoms with Gasteiger partial charge in [0.05, 0.1) is 5.52 Å². The van der Waals surface area contributed by atoms with Crippen LogP contribution in [0.25, 0.3) is 56.6 Å². The average Bonchev–Trinajstić information content (AvgIpc) is 3.68. The van der Waals surface area contributed by atoms with Crippen molar-refractivity contribution in [2.45, 2.75) is 46.5 Å². The molecule has 0 saturated carbocycles. The van der Waals surface area contributed by atoms with Gasteiger partial charge in [-0.2, -0.15) is 0 Å². The topological polar surface area (TPSA) is 8.17 Å². The van der Waals surface area contributed by atoms with Gasteiger partial charge in [0.1, 0.15) is 0 Å². The summed E-state index contributed by atoms with van der Waals surface area (Å²) in [6.45, 7) is 13.5. The van der Waals surface area contributed by atoms with Crippen molar-refractivity contribution in [2.75, 3.05) is 11.4 Å². The van der Waals surface area contributed by atoms with Crippen LogP contribution >= 0.6 is 0 Å². The van der Waals surface area contributed by atoms with Crippen molar-refractivity contribution in [2.24, 2.45) is 0 Å². The largest absolute Gasteiger partial charge is 0.338 e. The van der Waals surface area contributed by atoms with Crippen molar-refractivity contribution in [1.29, 1.82) is 0 Å². The molecular formula is C68H64N2. The van der Waals surface area contributed by atoms with Crippen LogP contribution in [0.4, 0.5) is 11.4 Å². The summed E-state index contributed by atoms with van der Waals surface area (Å²) >= 11 is 0. The fourth-order valence-corrected chi connectivity index (χ4v) is 9.15. The van der Waals surface area contributed by atoms with Gasteiger partial charge in [-0.25, -0.2) is 0 Å². The summed E-state index contributed by atoms with van der Waals surface area (Å²) in [5, 5.41) is 1.27. The number of aryl methyl sites for hydroxylation is 1. The third-order valence-electron chi connectivity index (χ3n) is 13.0. The van der Waals surface area contributed by atoms with Gasteiger partial charge in [0, 0.05) is 41.6 Å². The van der Waals surface area contributed by atoms with Crippen LogP contribution in [0.15, 0.2) is 267 Å². The molecule has 0 aliphatic heterocycles. The molecule has 346 valence electrons. The first kappa shape index (κ1) is 48.3. The van der Waals surface area contributed by atoms with Crippen molar-refractivity contribution in [3.8, 4) is 33.4 Å². The molecular weight excluding hydrogens is 845 g/mol. The van der Waals surface area contributed by atoms with Gasteiger partial charge in [0.15, 0.2) is 0 Å². The van der Waals surface area contributed by atoms with Crippen LogP contribution in [0.1, 0.15) is 55.5 Å². The Morgan fingerprint density at radius 1 is 0.629 bits per heavy atom. The van der Waals surface area contributed by atoms with Crippen LogP contribution in [0, 0.1) is 6.92 Å². The molecule has 0 saturated heterocycles. The van der Waals surface area contributed by atoms with E-state index in [-0.39, 0.29) is 0 Å². The summed E-state index contributed by atoms with van der Waals surface area (Å²) in [6, 6.07) is 65.6. The molecule has 70 heavy (non-hydrogen) atoms. The highest BCUT2D eigenvalue weighted by Gasteiger charge is 2.18. The first-order chi connectivity index (χ1) is 34.4. The smallest absolute Gasteiger partial charge is 0.0534 e. The van der Waals surface area contributed by atoms with Crippen molar-refractivity contribution < 1.29 is 0 Å². The molecule has 0 radical (unpaired) electrons. The predicted octanol–water partition coefficient (Wildman–Crippen LogP) is 18.8. The zero-order chi connectivity index (χ0) is 48.5. The quantitative estimate of drug-likeness (QED) is 0.0580. The SMILES string of the molecule is C=C/C=C(/C)C(=CCN(c1ccc(-c2ccc(-c3ccccc3)cc2)cc1)c1cccc(-c2cccc3c2c(C)c(C/C=C\CC(C)c2ccccc2)n3/C=C/C=C\C=C/C)c1)/C=C\c1ccccc1. The van der Waals surface area contributed by atoms with Crippen molar-refractivity contribution in [3.63, 3.8) is 0 Å². The highest BCUT2D eigenvalue weighted by Crippen LogP contribution is 2.38. The molecule has 0 spiro atoms. The molecule has 1 aromatic heterocycles. The Balaban J connectivity index is 1.18. The predicted molar refractivity (Wildman–Crippen MR) is 306 cm³/mol. The minimum Gasteiger partial charge on any atom is -0.338 e. The van der Waals surface area contributed by atoms with Gasteiger partial charge >= 0.3 is 0 Å². The number of nitrogens with zero attached hydrogens (tertiary/aromatic N) is 2. The van der Waals surface area contributed by atoms with Crippen molar-refractivity contribution in [3.05, 3.63) is 289 Å². The van der Waals surface area contributed by atoms with E-state index in [1.807, 2.05) is 19.1 Å². The van der Waals surface area contributed by atoms with E-state index in [0.29, 0.717) is 12.5 Å². The maximum Gasteiger partial charge on any atom is 0.0534 e. The lowest BCUT2D eigenvalue weighted by molar-refractivity contribution is 0.778. The Bertz CT molecular complexity index is 3190. The number of fused-ring (bicyclic) bond motifs is 1. The average molecular weight is 909 g/mol. The molecule has 0 bridgehead atoms. The van der Waals surface area contributed by atoms with Gasteiger partial charge in [-0.05, 0) is 131 Å². The van der Waals surface area contributed by atoms with Crippen molar-refractivity contribution in [1.82, 2.24) is 4.57 Å². The maximum atomic E-state index is 4.03. The third-order valence-corrected chi connectivity index (χ3v) is 13.0. The van der Waals surface area contributed by atoms with Crippen LogP contribution in [-0.4, -0.2) is 11.1 Å². The van der Waals surface area contributed by atoms with Crippen LogP contribution in [-0.2, 0) is 6.42 Å². The monoisotopic (exact) mass is 909 g/mol. The van der Waals surface area contributed by atoms with E-state index in [9.17, 15) is 0 Å². The Morgan fingerprint density at radius 3 is 1.93 bits per heavy atom. The molecule has 0 N–H and O–H groups in total. The Labute approximate surface area is 417 Å². The summed E-state index contributed by atoms with van der Waals surface area (Å²) in [6.07, 6.45) is 29.9. The van der Waals surface area contributed by atoms with Crippen LogP contribution in [0.3, 0.4) is 0 Å². The minimum absolute atomic E-state index is 0.454. The highest BCUT2D eigenvalue weighted by atomic mass is 15.1. The molecule has 0 amide bonds. The normalized spacial score (nSPS) is 12.9. The lowest BCUT2D eigenvalue weighted by Crippen LogP contribution is -2.17. The van der Waals surface area contributed by atoms with Gasteiger partial charge in [-0.3, -0.25) is 0 Å². The van der Waals surface area contributed by atoms with Gasteiger partial charge in [-0.1, -0.05) is 232 Å². The molecule has 8 rings (SSSR count). The summed E-state index contributed by atoms with van der Waals surface area (Å²) < 4.78 is 2.39. The van der Waals surface area contributed by atoms with E-state index < -0.39 is 0 Å². The second-order valence-corrected chi connectivity index (χ2v) is 17.8. The second-order valence-electron chi connectivity index (χ2n) is 17.8. The highest BCUT2D eigenvalue weighted by molar-refractivity contribution is 6.00. The number of rotatable bonds is 19. The number of hydrogen-bond acceptors (Lipinski definition) is 1. The van der Waals surface area contributed by atoms with Crippen LogP contribution in [0.2, 0.25) is 0 Å². The number of hydrogen-bond donors (Lipinski definition) is 0. The number of anilines is 2. The van der Waals surface area contributed by atoms with Gasteiger partial charge in [0.25, 0.3) is 0 Å². The molecule has 0 aliphatic rings. The van der Waals surface area contributed by atoms with E-state index in [0.717, 1.165) is 40.9 Å². The van der Waals surface area contributed by atoms with Crippen LogP contribution < -0.4 is 4.90 Å². The van der Waals surface area contributed by atoms with Gasteiger partial charge in [-0.15, -0.1) is 0 Å². The third kappa shape index (κ3) is 12.1. The zero-order valence-electron chi connectivity index (χ0n) is 41.1. The molecule has 0 fully saturated rings. The van der Waals surface area contributed by atoms with Crippen LogP contribution in [0.5, 0.6) is 0 Å². The summed E-state index contributed by atoms with van der Waals surface area (Å²) in [7, 11) is 0. The molecule has 1 heterocycles. The number of allylic oxidation sites excluding steroid dienone is 12. The lowest BCUT2D eigenvalue weighted by Gasteiger charge is -2.25. The lowest BCUT2D eigenvalue weighted by atomic mass is 9.97. The van der Waals surface area contributed by atoms with E-state index >= 15 is 0 Å². The number of benzene rings is 7. The molecule has 2 heteroatoms. The summed E-state index contributed by atoms with van der Waals surface area (Å²) in [4.78, 5) is 2.42. The fourth-order valence-electron chi connectivity index (χ4n) is 9.15. The molecule has 8 aromatic rings. The van der Waals surface area contributed by atoms with E-state index in [1.54, 1.807) is 0 Å².